The van der Waals surface area contributed by atoms with Gasteiger partial charge in [0, 0.05) is 5.69 Å². The number of urea groups is 1. The predicted molar refractivity (Wildman–Crippen MR) is 78.4 cm³/mol. The van der Waals surface area contributed by atoms with E-state index in [0.29, 0.717) is 12.8 Å². The number of aliphatic hydroxyl groups is 1. The number of hydrogen-bond acceptors (Lipinski definition) is 2. The van der Waals surface area contributed by atoms with Gasteiger partial charge in [-0.1, -0.05) is 32.9 Å². The largest absolute Gasteiger partial charge is 0.394 e. The minimum atomic E-state index is -0.535. The highest BCUT2D eigenvalue weighted by molar-refractivity contribution is 5.89. The maximum atomic E-state index is 12.0. The van der Waals surface area contributed by atoms with Gasteiger partial charge in [0.2, 0.25) is 0 Å². The average molecular weight is 264 g/mol. The standard InChI is InChI=1S/C15H24N2O2/c1-4-12-8-7-9-13(10-12)16-14(19)17-15(5-2,6-3)11-18/h7-10,18H,4-6,11H2,1-3H3,(H2,16,17,19). The van der Waals surface area contributed by atoms with Gasteiger partial charge in [0.05, 0.1) is 12.1 Å². The summed E-state index contributed by atoms with van der Waals surface area (Å²) in [5.41, 5.74) is 1.42. The maximum Gasteiger partial charge on any atom is 0.319 e. The van der Waals surface area contributed by atoms with Crippen molar-refractivity contribution < 1.29 is 9.90 Å². The summed E-state index contributed by atoms with van der Waals surface area (Å²) in [6.07, 6.45) is 2.33. The molecule has 0 unspecified atom stereocenters. The zero-order valence-corrected chi connectivity index (χ0v) is 12.0. The molecule has 0 fully saturated rings. The van der Waals surface area contributed by atoms with Gasteiger partial charge in [0.15, 0.2) is 0 Å². The van der Waals surface area contributed by atoms with E-state index in [9.17, 15) is 9.90 Å². The molecule has 4 heteroatoms. The number of aryl methyl sites for hydroxylation is 1. The number of rotatable bonds is 6. The van der Waals surface area contributed by atoms with Crippen LogP contribution in [-0.4, -0.2) is 23.3 Å². The van der Waals surface area contributed by atoms with Gasteiger partial charge in [0.1, 0.15) is 0 Å². The summed E-state index contributed by atoms with van der Waals surface area (Å²) in [7, 11) is 0. The number of hydrogen-bond donors (Lipinski definition) is 3. The molecule has 4 nitrogen and oxygen atoms in total. The topological polar surface area (TPSA) is 61.4 Å². The summed E-state index contributed by atoms with van der Waals surface area (Å²) < 4.78 is 0. The molecule has 1 aromatic rings. The van der Waals surface area contributed by atoms with E-state index in [1.165, 1.54) is 5.56 Å². The molecule has 0 aromatic heterocycles. The van der Waals surface area contributed by atoms with E-state index in [-0.39, 0.29) is 12.6 Å². The first-order valence-corrected chi connectivity index (χ1v) is 6.88. The Labute approximate surface area is 115 Å². The number of benzene rings is 1. The van der Waals surface area contributed by atoms with Crippen LogP contribution in [0.1, 0.15) is 39.2 Å². The van der Waals surface area contributed by atoms with Crippen LogP contribution in [-0.2, 0) is 6.42 Å². The van der Waals surface area contributed by atoms with E-state index in [4.69, 9.17) is 0 Å². The fourth-order valence-corrected chi connectivity index (χ4v) is 1.96. The lowest BCUT2D eigenvalue weighted by Gasteiger charge is -2.30. The van der Waals surface area contributed by atoms with Crippen molar-refractivity contribution in [1.29, 1.82) is 0 Å². The Hall–Kier alpha value is -1.55. The van der Waals surface area contributed by atoms with Crippen LogP contribution in [0.2, 0.25) is 0 Å². The fraction of sp³-hybridized carbons (Fsp3) is 0.533. The third-order valence-corrected chi connectivity index (χ3v) is 3.63. The van der Waals surface area contributed by atoms with E-state index in [0.717, 1.165) is 12.1 Å². The highest BCUT2D eigenvalue weighted by Gasteiger charge is 2.27. The first-order valence-electron chi connectivity index (χ1n) is 6.88. The lowest BCUT2D eigenvalue weighted by atomic mass is 9.94. The van der Waals surface area contributed by atoms with Crippen molar-refractivity contribution in [3.05, 3.63) is 29.8 Å². The van der Waals surface area contributed by atoms with Crippen LogP contribution in [0.15, 0.2) is 24.3 Å². The molecule has 0 heterocycles. The van der Waals surface area contributed by atoms with Crippen LogP contribution in [0.5, 0.6) is 0 Å². The van der Waals surface area contributed by atoms with Gasteiger partial charge >= 0.3 is 6.03 Å². The molecule has 1 rings (SSSR count). The van der Waals surface area contributed by atoms with Crippen LogP contribution in [0, 0.1) is 0 Å². The van der Waals surface area contributed by atoms with Crippen molar-refractivity contribution in [1.82, 2.24) is 5.32 Å². The van der Waals surface area contributed by atoms with Crippen LogP contribution in [0.4, 0.5) is 10.5 Å². The molecule has 0 aliphatic rings. The molecular weight excluding hydrogens is 240 g/mol. The second kappa shape index (κ2) is 7.14. The zero-order chi connectivity index (χ0) is 14.3. The van der Waals surface area contributed by atoms with Crippen molar-refractivity contribution in [2.45, 2.75) is 45.6 Å². The quantitative estimate of drug-likeness (QED) is 0.740. The Morgan fingerprint density at radius 1 is 1.26 bits per heavy atom. The highest BCUT2D eigenvalue weighted by atomic mass is 16.3. The Balaban J connectivity index is 2.68. The number of nitrogens with one attached hydrogen (secondary N) is 2. The molecule has 106 valence electrons. The van der Waals surface area contributed by atoms with Crippen molar-refractivity contribution in [3.8, 4) is 0 Å². The number of aliphatic hydroxyl groups excluding tert-OH is 1. The minimum Gasteiger partial charge on any atom is -0.394 e. The Kier molecular flexibility index (Phi) is 5.83. The molecule has 0 saturated carbocycles. The predicted octanol–water partition coefficient (Wildman–Crippen LogP) is 2.92. The van der Waals surface area contributed by atoms with Gasteiger partial charge in [-0.25, -0.2) is 4.79 Å². The molecule has 19 heavy (non-hydrogen) atoms. The molecule has 0 aliphatic heterocycles. The molecule has 0 atom stereocenters. The molecule has 0 saturated heterocycles. The van der Waals surface area contributed by atoms with Crippen LogP contribution >= 0.6 is 0 Å². The molecule has 0 radical (unpaired) electrons. The summed E-state index contributed by atoms with van der Waals surface area (Å²) in [5, 5.41) is 15.1. The Morgan fingerprint density at radius 2 is 1.95 bits per heavy atom. The normalized spacial score (nSPS) is 11.2. The lowest BCUT2D eigenvalue weighted by Crippen LogP contribution is -2.52. The second-order valence-corrected chi connectivity index (χ2v) is 4.78. The van der Waals surface area contributed by atoms with E-state index in [1.54, 1.807) is 0 Å². The average Bonchev–Trinajstić information content (AvgIpc) is 2.45. The van der Waals surface area contributed by atoms with Gasteiger partial charge in [-0.15, -0.1) is 0 Å². The van der Waals surface area contributed by atoms with Crippen molar-refractivity contribution in [2.24, 2.45) is 0 Å². The summed E-state index contributed by atoms with van der Waals surface area (Å²) >= 11 is 0. The molecule has 0 bridgehead atoms. The van der Waals surface area contributed by atoms with E-state index in [1.807, 2.05) is 38.1 Å². The number of amides is 2. The molecule has 3 N–H and O–H groups in total. The molecule has 1 aromatic carbocycles. The van der Waals surface area contributed by atoms with E-state index >= 15 is 0 Å². The Bertz CT molecular complexity index is 406. The fourth-order valence-electron chi connectivity index (χ4n) is 1.96. The van der Waals surface area contributed by atoms with Crippen LogP contribution in [0.25, 0.3) is 0 Å². The van der Waals surface area contributed by atoms with Gasteiger partial charge in [-0.2, -0.15) is 0 Å². The first-order chi connectivity index (χ1) is 9.09. The second-order valence-electron chi connectivity index (χ2n) is 4.78. The molecule has 0 spiro atoms. The monoisotopic (exact) mass is 264 g/mol. The summed E-state index contributed by atoms with van der Waals surface area (Å²) in [4.78, 5) is 12.0. The number of carbonyl (C=O) groups excluding carboxylic acids is 1. The van der Waals surface area contributed by atoms with E-state index in [2.05, 4.69) is 17.6 Å². The highest BCUT2D eigenvalue weighted by Crippen LogP contribution is 2.15. The molecule has 0 aliphatic carbocycles. The lowest BCUT2D eigenvalue weighted by molar-refractivity contribution is 0.155. The van der Waals surface area contributed by atoms with Crippen molar-refractivity contribution >= 4 is 11.7 Å². The summed E-state index contributed by atoms with van der Waals surface area (Å²) in [6, 6.07) is 7.49. The van der Waals surface area contributed by atoms with Crippen LogP contribution < -0.4 is 10.6 Å². The SMILES string of the molecule is CCc1cccc(NC(=O)NC(CC)(CC)CO)c1. The maximum absolute atomic E-state index is 12.0. The smallest absolute Gasteiger partial charge is 0.319 e. The summed E-state index contributed by atoms with van der Waals surface area (Å²) in [6.45, 7) is 5.93. The van der Waals surface area contributed by atoms with Gasteiger partial charge < -0.3 is 15.7 Å². The van der Waals surface area contributed by atoms with Crippen molar-refractivity contribution in [2.75, 3.05) is 11.9 Å². The van der Waals surface area contributed by atoms with E-state index < -0.39 is 5.54 Å². The zero-order valence-electron chi connectivity index (χ0n) is 12.0. The number of carbonyl (C=O) groups is 1. The summed E-state index contributed by atoms with van der Waals surface area (Å²) in [5.74, 6) is 0. The van der Waals surface area contributed by atoms with Crippen LogP contribution in [0.3, 0.4) is 0 Å². The van der Waals surface area contributed by atoms with Gasteiger partial charge in [-0.05, 0) is 37.0 Å². The molecule has 2 amide bonds. The third-order valence-electron chi connectivity index (χ3n) is 3.63. The number of anilines is 1. The van der Waals surface area contributed by atoms with Gasteiger partial charge in [-0.3, -0.25) is 0 Å². The van der Waals surface area contributed by atoms with Gasteiger partial charge in [0.25, 0.3) is 0 Å². The first kappa shape index (κ1) is 15.5. The Morgan fingerprint density at radius 3 is 2.47 bits per heavy atom. The van der Waals surface area contributed by atoms with Crippen molar-refractivity contribution in [3.63, 3.8) is 0 Å². The minimum absolute atomic E-state index is 0.0532. The molecular formula is C15H24N2O2. The third kappa shape index (κ3) is 4.24.